The topological polar surface area (TPSA) is 75.0 Å². The summed E-state index contributed by atoms with van der Waals surface area (Å²) in [5.41, 5.74) is 4.24. The molecular weight excluding hydrogens is 395 g/mol. The van der Waals surface area contributed by atoms with E-state index < -0.39 is 6.04 Å². The molecule has 0 bridgehead atoms. The van der Waals surface area contributed by atoms with E-state index in [0.717, 1.165) is 16.8 Å². The summed E-state index contributed by atoms with van der Waals surface area (Å²) in [6.07, 6.45) is 1.51. The van der Waals surface area contributed by atoms with E-state index in [2.05, 4.69) is 15.4 Å². The molecule has 1 amide bonds. The second-order valence-electron chi connectivity index (χ2n) is 8.64. The number of nitrogens with zero attached hydrogens (tertiary/aromatic N) is 3. The Morgan fingerprint density at radius 1 is 1.06 bits per heavy atom. The normalized spacial score (nSPS) is 16.1. The Labute approximate surface area is 178 Å². The molecule has 1 aliphatic rings. The van der Waals surface area contributed by atoms with Gasteiger partial charge in [-0.1, -0.05) is 56.3 Å². The van der Waals surface area contributed by atoms with Crippen LogP contribution in [0.15, 0.2) is 65.4 Å². The number of carbonyl (C=O) groups excluding carboxylic acids is 1. The predicted octanol–water partition coefficient (Wildman–Crippen LogP) is 5.25. The van der Waals surface area contributed by atoms with Crippen LogP contribution in [0.4, 0.5) is 10.1 Å². The number of carbonyl (C=O) groups is 1. The summed E-state index contributed by atoms with van der Waals surface area (Å²) in [4.78, 5) is 15.1. The van der Waals surface area contributed by atoms with Gasteiger partial charge in [-0.2, -0.15) is 5.10 Å². The zero-order chi connectivity index (χ0) is 21.8. The molecule has 5 rings (SSSR count). The monoisotopic (exact) mass is 416 g/mol. The van der Waals surface area contributed by atoms with E-state index in [1.54, 1.807) is 29.2 Å². The van der Waals surface area contributed by atoms with E-state index in [9.17, 15) is 9.18 Å². The highest BCUT2D eigenvalue weighted by Gasteiger charge is 2.45. The van der Waals surface area contributed by atoms with E-state index in [0.29, 0.717) is 22.6 Å². The SMILES string of the molecule is CC(C)(C)c1[nH]nc2c1C(c1ccccc1F)N(c1ccc(-c3ccon3)cc1)C2=O. The summed E-state index contributed by atoms with van der Waals surface area (Å²) in [5, 5.41) is 11.3. The molecule has 3 heterocycles. The molecule has 31 heavy (non-hydrogen) atoms. The minimum atomic E-state index is -0.616. The molecule has 1 unspecified atom stereocenters. The largest absolute Gasteiger partial charge is 0.364 e. The molecule has 6 nitrogen and oxygen atoms in total. The molecule has 7 heteroatoms. The number of fused-ring (bicyclic) bond motifs is 1. The van der Waals surface area contributed by atoms with Crippen LogP contribution in [-0.4, -0.2) is 21.3 Å². The Balaban J connectivity index is 1.67. The average Bonchev–Trinajstić information content (AvgIpc) is 3.46. The van der Waals surface area contributed by atoms with Gasteiger partial charge >= 0.3 is 0 Å². The summed E-state index contributed by atoms with van der Waals surface area (Å²) < 4.78 is 19.9. The van der Waals surface area contributed by atoms with Crippen molar-refractivity contribution in [2.24, 2.45) is 0 Å². The zero-order valence-electron chi connectivity index (χ0n) is 17.4. The average molecular weight is 416 g/mol. The first-order valence-corrected chi connectivity index (χ1v) is 10.0. The van der Waals surface area contributed by atoms with E-state index in [-0.39, 0.29) is 17.1 Å². The van der Waals surface area contributed by atoms with Gasteiger partial charge in [0, 0.05) is 39.6 Å². The minimum absolute atomic E-state index is 0.260. The lowest BCUT2D eigenvalue weighted by Crippen LogP contribution is -2.30. The number of anilines is 1. The van der Waals surface area contributed by atoms with Crippen LogP contribution in [0.1, 0.15) is 54.1 Å². The van der Waals surface area contributed by atoms with Crippen molar-refractivity contribution < 1.29 is 13.7 Å². The molecule has 0 radical (unpaired) electrons. The second kappa shape index (κ2) is 6.91. The maximum absolute atomic E-state index is 14.9. The van der Waals surface area contributed by atoms with Gasteiger partial charge in [-0.05, 0) is 18.2 Å². The van der Waals surface area contributed by atoms with Crippen LogP contribution in [0, 0.1) is 5.82 Å². The molecule has 156 valence electrons. The Morgan fingerprint density at radius 3 is 2.45 bits per heavy atom. The van der Waals surface area contributed by atoms with Crippen LogP contribution in [0.3, 0.4) is 0 Å². The molecular formula is C24H21FN4O2. The number of benzene rings is 2. The highest BCUT2D eigenvalue weighted by atomic mass is 19.1. The third kappa shape index (κ3) is 3.04. The number of aromatic nitrogens is 3. The van der Waals surface area contributed by atoms with Crippen molar-refractivity contribution in [1.82, 2.24) is 15.4 Å². The van der Waals surface area contributed by atoms with E-state index in [1.165, 1.54) is 12.3 Å². The lowest BCUT2D eigenvalue weighted by Gasteiger charge is -2.29. The fraction of sp³-hybridized carbons (Fsp3) is 0.208. The number of hydrogen-bond donors (Lipinski definition) is 1. The highest BCUT2D eigenvalue weighted by molar-refractivity contribution is 6.10. The molecule has 0 fully saturated rings. The molecule has 1 atom stereocenters. The summed E-state index contributed by atoms with van der Waals surface area (Å²) >= 11 is 0. The maximum atomic E-state index is 14.9. The number of halogens is 1. The fourth-order valence-electron chi connectivity index (χ4n) is 4.12. The van der Waals surface area contributed by atoms with Gasteiger partial charge in [-0.15, -0.1) is 0 Å². The molecule has 2 aromatic carbocycles. The summed E-state index contributed by atoms with van der Waals surface area (Å²) in [6, 6.07) is 15.1. The minimum Gasteiger partial charge on any atom is -0.364 e. The zero-order valence-corrected chi connectivity index (χ0v) is 17.4. The molecule has 0 spiro atoms. The van der Waals surface area contributed by atoms with E-state index in [1.807, 2.05) is 45.0 Å². The first kappa shape index (κ1) is 19.2. The number of rotatable bonds is 3. The van der Waals surface area contributed by atoms with Crippen molar-refractivity contribution in [3.63, 3.8) is 0 Å². The number of H-pyrrole nitrogens is 1. The predicted molar refractivity (Wildman–Crippen MR) is 114 cm³/mol. The van der Waals surface area contributed by atoms with Gasteiger partial charge in [-0.25, -0.2) is 4.39 Å². The Hall–Kier alpha value is -3.74. The molecule has 0 saturated carbocycles. The standard InChI is InChI=1S/C24H21FN4O2/c1-24(2,3)22-19-20(26-27-22)23(30)29(21(19)16-6-4-5-7-17(16)25)15-10-8-14(9-11-15)18-12-13-31-28-18/h4-13,21H,1-3H3,(H,26,27). The number of hydrogen-bond acceptors (Lipinski definition) is 4. The van der Waals surface area contributed by atoms with Crippen molar-refractivity contribution in [3.05, 3.63) is 89.2 Å². The van der Waals surface area contributed by atoms with Gasteiger partial charge in [0.05, 0.1) is 6.04 Å². The molecule has 1 N–H and O–H groups in total. The van der Waals surface area contributed by atoms with Crippen molar-refractivity contribution >= 4 is 11.6 Å². The molecule has 0 saturated heterocycles. The first-order chi connectivity index (χ1) is 14.9. The molecule has 2 aromatic heterocycles. The first-order valence-electron chi connectivity index (χ1n) is 10.0. The quantitative estimate of drug-likeness (QED) is 0.495. The number of aromatic amines is 1. The summed E-state index contributed by atoms with van der Waals surface area (Å²) in [7, 11) is 0. The van der Waals surface area contributed by atoms with Gasteiger partial charge in [0.25, 0.3) is 5.91 Å². The number of nitrogens with one attached hydrogen (secondary N) is 1. The maximum Gasteiger partial charge on any atom is 0.280 e. The van der Waals surface area contributed by atoms with Crippen LogP contribution in [0.5, 0.6) is 0 Å². The molecule has 1 aliphatic heterocycles. The lowest BCUT2D eigenvalue weighted by molar-refractivity contribution is 0.0988. The van der Waals surface area contributed by atoms with Crippen molar-refractivity contribution in [3.8, 4) is 11.3 Å². The Bertz CT molecular complexity index is 1250. The van der Waals surface area contributed by atoms with Crippen molar-refractivity contribution in [2.45, 2.75) is 32.2 Å². The van der Waals surface area contributed by atoms with E-state index in [4.69, 9.17) is 4.52 Å². The van der Waals surface area contributed by atoms with Gasteiger partial charge in [0.1, 0.15) is 17.8 Å². The van der Waals surface area contributed by atoms with Crippen molar-refractivity contribution in [1.29, 1.82) is 0 Å². The third-order valence-electron chi connectivity index (χ3n) is 5.59. The van der Waals surface area contributed by atoms with Gasteiger partial charge in [0.2, 0.25) is 0 Å². The van der Waals surface area contributed by atoms with Gasteiger partial charge in [-0.3, -0.25) is 14.8 Å². The Morgan fingerprint density at radius 2 is 1.81 bits per heavy atom. The van der Waals surface area contributed by atoms with Gasteiger partial charge < -0.3 is 4.52 Å². The molecule has 0 aliphatic carbocycles. The van der Waals surface area contributed by atoms with E-state index >= 15 is 0 Å². The third-order valence-corrected chi connectivity index (χ3v) is 5.59. The molecule has 4 aromatic rings. The second-order valence-corrected chi connectivity index (χ2v) is 8.64. The van der Waals surface area contributed by atoms with Crippen molar-refractivity contribution in [2.75, 3.05) is 4.90 Å². The van der Waals surface area contributed by atoms with Crippen LogP contribution >= 0.6 is 0 Å². The smallest absolute Gasteiger partial charge is 0.280 e. The highest BCUT2D eigenvalue weighted by Crippen LogP contribution is 2.45. The van der Waals surface area contributed by atoms with Gasteiger partial charge in [0.15, 0.2) is 5.69 Å². The summed E-state index contributed by atoms with van der Waals surface area (Å²) in [5.74, 6) is -0.623. The fourth-order valence-corrected chi connectivity index (χ4v) is 4.12. The lowest BCUT2D eigenvalue weighted by atomic mass is 9.85. The summed E-state index contributed by atoms with van der Waals surface area (Å²) in [6.45, 7) is 6.12. The van der Waals surface area contributed by atoms with Crippen LogP contribution in [0.25, 0.3) is 11.3 Å². The number of amides is 1. The van der Waals surface area contributed by atoms with Crippen LogP contribution in [-0.2, 0) is 5.41 Å². The van der Waals surface area contributed by atoms with Crippen LogP contribution in [0.2, 0.25) is 0 Å². The van der Waals surface area contributed by atoms with Crippen LogP contribution < -0.4 is 4.90 Å². The Kier molecular flexibility index (Phi) is 4.28.